The Morgan fingerprint density at radius 3 is 2.62 bits per heavy atom. The number of carbonyl (C=O) groups is 1. The van der Waals surface area contributed by atoms with E-state index in [1.807, 2.05) is 25.1 Å². The van der Waals surface area contributed by atoms with E-state index in [0.29, 0.717) is 21.7 Å². The maximum atomic E-state index is 12.5. The predicted octanol–water partition coefficient (Wildman–Crippen LogP) is 3.53. The third-order valence-electron chi connectivity index (χ3n) is 3.91. The molecule has 6 heteroatoms. The first kappa shape index (κ1) is 16.4. The Morgan fingerprint density at radius 1 is 1.29 bits per heavy atom. The number of fused-ring (bicyclic) bond motifs is 1. The zero-order chi connectivity index (χ0) is 17.3. The number of aryl methyl sites for hydroxylation is 1. The molecule has 2 aromatic heterocycles. The van der Waals surface area contributed by atoms with Crippen LogP contribution in [0.2, 0.25) is 0 Å². The van der Waals surface area contributed by atoms with Crippen molar-refractivity contribution in [3.8, 4) is 0 Å². The molecule has 0 saturated carbocycles. The van der Waals surface area contributed by atoms with Crippen LogP contribution in [0.5, 0.6) is 0 Å². The summed E-state index contributed by atoms with van der Waals surface area (Å²) in [6, 6.07) is 9.23. The molecule has 1 N–H and O–H groups in total. The second kappa shape index (κ2) is 6.57. The molecule has 3 rings (SSSR count). The van der Waals surface area contributed by atoms with E-state index < -0.39 is 0 Å². The van der Waals surface area contributed by atoms with Crippen LogP contribution >= 0.6 is 11.3 Å². The van der Waals surface area contributed by atoms with Crippen molar-refractivity contribution in [2.45, 2.75) is 33.1 Å². The van der Waals surface area contributed by atoms with Crippen LogP contribution in [0.4, 0.5) is 0 Å². The van der Waals surface area contributed by atoms with Crippen LogP contribution in [0, 0.1) is 0 Å². The number of carbonyl (C=O) groups excluding carboxylic acids is 1. The highest BCUT2D eigenvalue weighted by molar-refractivity contribution is 7.18. The van der Waals surface area contributed by atoms with E-state index in [1.54, 1.807) is 12.1 Å². The van der Waals surface area contributed by atoms with Crippen LogP contribution < -0.4 is 11.0 Å². The SMILES string of the molecule is CCc1cc2c(=O)n(NC(=O)c3ccc(C(C)C)cc3)cnc2s1. The summed E-state index contributed by atoms with van der Waals surface area (Å²) in [5, 5.41) is 0.537. The summed E-state index contributed by atoms with van der Waals surface area (Å²) in [7, 11) is 0. The summed E-state index contributed by atoms with van der Waals surface area (Å²) in [6.07, 6.45) is 2.22. The van der Waals surface area contributed by atoms with Gasteiger partial charge >= 0.3 is 0 Å². The minimum atomic E-state index is -0.334. The average Bonchev–Trinajstić information content (AvgIpc) is 3.01. The number of aromatic nitrogens is 2. The van der Waals surface area contributed by atoms with Crippen molar-refractivity contribution >= 4 is 27.5 Å². The largest absolute Gasteiger partial charge is 0.280 e. The molecule has 0 aliphatic carbocycles. The number of benzene rings is 1. The third kappa shape index (κ3) is 3.10. The Bertz CT molecular complexity index is 939. The Morgan fingerprint density at radius 2 is 2.00 bits per heavy atom. The number of rotatable bonds is 4. The first-order chi connectivity index (χ1) is 11.5. The first-order valence-corrected chi connectivity index (χ1v) is 8.72. The van der Waals surface area contributed by atoms with Gasteiger partial charge in [-0.05, 0) is 36.1 Å². The fourth-order valence-corrected chi connectivity index (χ4v) is 3.35. The minimum absolute atomic E-state index is 0.261. The van der Waals surface area contributed by atoms with Gasteiger partial charge in [0, 0.05) is 10.4 Å². The predicted molar refractivity (Wildman–Crippen MR) is 97.5 cm³/mol. The number of thiophene rings is 1. The lowest BCUT2D eigenvalue weighted by atomic mass is 10.0. The van der Waals surface area contributed by atoms with Gasteiger partial charge < -0.3 is 0 Å². The zero-order valence-corrected chi connectivity index (χ0v) is 14.7. The average molecular weight is 341 g/mol. The van der Waals surface area contributed by atoms with Gasteiger partial charge in [0.25, 0.3) is 11.5 Å². The van der Waals surface area contributed by atoms with E-state index in [1.165, 1.54) is 17.7 Å². The van der Waals surface area contributed by atoms with Gasteiger partial charge in [0.05, 0.1) is 5.39 Å². The molecule has 3 aromatic rings. The summed E-state index contributed by atoms with van der Waals surface area (Å²) in [4.78, 5) is 30.9. The van der Waals surface area contributed by atoms with Crippen LogP contribution in [0.15, 0.2) is 41.5 Å². The molecule has 0 unspecified atom stereocenters. The van der Waals surface area contributed by atoms with E-state index in [9.17, 15) is 9.59 Å². The van der Waals surface area contributed by atoms with Gasteiger partial charge in [0.1, 0.15) is 11.2 Å². The van der Waals surface area contributed by atoms with Crippen LogP contribution in [-0.4, -0.2) is 15.6 Å². The number of nitrogens with zero attached hydrogens (tertiary/aromatic N) is 2. The van der Waals surface area contributed by atoms with Crippen molar-refractivity contribution in [3.05, 3.63) is 63.0 Å². The fourth-order valence-electron chi connectivity index (χ4n) is 2.42. The van der Waals surface area contributed by atoms with Crippen LogP contribution in [0.3, 0.4) is 0 Å². The highest BCUT2D eigenvalue weighted by Crippen LogP contribution is 2.20. The Kier molecular flexibility index (Phi) is 4.49. The monoisotopic (exact) mass is 341 g/mol. The van der Waals surface area contributed by atoms with E-state index in [-0.39, 0.29) is 11.5 Å². The molecular formula is C18H19N3O2S. The summed E-state index contributed by atoms with van der Waals surface area (Å²) in [5.74, 6) is 0.0715. The zero-order valence-electron chi connectivity index (χ0n) is 13.9. The molecule has 24 heavy (non-hydrogen) atoms. The Hall–Kier alpha value is -2.47. The second-order valence-corrected chi connectivity index (χ2v) is 7.04. The molecule has 0 radical (unpaired) electrons. The molecule has 0 spiro atoms. The molecule has 1 amide bonds. The first-order valence-electron chi connectivity index (χ1n) is 7.91. The van der Waals surface area contributed by atoms with Gasteiger partial charge in [-0.1, -0.05) is 32.9 Å². The van der Waals surface area contributed by atoms with Crippen molar-refractivity contribution in [1.82, 2.24) is 9.66 Å². The quantitative estimate of drug-likeness (QED) is 0.789. The van der Waals surface area contributed by atoms with Crippen molar-refractivity contribution in [2.75, 3.05) is 5.43 Å². The minimum Gasteiger partial charge on any atom is -0.267 e. The Balaban J connectivity index is 1.87. The molecule has 1 aromatic carbocycles. The summed E-state index contributed by atoms with van der Waals surface area (Å²) < 4.78 is 1.15. The third-order valence-corrected chi connectivity index (χ3v) is 5.10. The number of amides is 1. The molecule has 0 saturated heterocycles. The van der Waals surface area contributed by atoms with Crippen LogP contribution in [0.25, 0.3) is 10.2 Å². The molecule has 0 atom stereocenters. The van der Waals surface area contributed by atoms with Crippen molar-refractivity contribution in [1.29, 1.82) is 0 Å². The smallest absolute Gasteiger partial charge is 0.267 e. The highest BCUT2D eigenvalue weighted by atomic mass is 32.1. The number of nitrogens with one attached hydrogen (secondary N) is 1. The van der Waals surface area contributed by atoms with E-state index in [0.717, 1.165) is 21.5 Å². The summed E-state index contributed by atoms with van der Waals surface area (Å²) >= 11 is 1.50. The maximum absolute atomic E-state index is 12.5. The molecule has 0 fully saturated rings. The van der Waals surface area contributed by atoms with Gasteiger partial charge in [-0.15, -0.1) is 11.3 Å². The van der Waals surface area contributed by atoms with Crippen molar-refractivity contribution in [2.24, 2.45) is 0 Å². The van der Waals surface area contributed by atoms with Gasteiger partial charge in [0.2, 0.25) is 0 Å². The van der Waals surface area contributed by atoms with E-state index >= 15 is 0 Å². The molecule has 5 nitrogen and oxygen atoms in total. The van der Waals surface area contributed by atoms with Gasteiger partial charge in [-0.2, -0.15) is 0 Å². The van der Waals surface area contributed by atoms with E-state index in [4.69, 9.17) is 0 Å². The number of hydrogen-bond acceptors (Lipinski definition) is 4. The standard InChI is InChI=1S/C18H19N3O2S/c1-4-14-9-15-17(24-14)19-10-21(18(15)23)20-16(22)13-7-5-12(6-8-13)11(2)3/h5-11H,4H2,1-3H3,(H,20,22). The molecule has 0 bridgehead atoms. The maximum Gasteiger partial charge on any atom is 0.280 e. The lowest BCUT2D eigenvalue weighted by molar-refractivity contribution is 0.101. The van der Waals surface area contributed by atoms with Crippen LogP contribution in [-0.2, 0) is 6.42 Å². The second-order valence-electron chi connectivity index (χ2n) is 5.92. The van der Waals surface area contributed by atoms with Crippen molar-refractivity contribution < 1.29 is 4.79 Å². The van der Waals surface area contributed by atoms with Gasteiger partial charge in [0.15, 0.2) is 0 Å². The normalized spacial score (nSPS) is 11.2. The lowest BCUT2D eigenvalue weighted by Gasteiger charge is -2.09. The van der Waals surface area contributed by atoms with Gasteiger partial charge in [-0.25, -0.2) is 9.66 Å². The van der Waals surface area contributed by atoms with Gasteiger partial charge in [-0.3, -0.25) is 15.0 Å². The van der Waals surface area contributed by atoms with Crippen molar-refractivity contribution in [3.63, 3.8) is 0 Å². The molecule has 2 heterocycles. The molecule has 0 aliphatic heterocycles. The fraction of sp³-hybridized carbons (Fsp3) is 0.278. The highest BCUT2D eigenvalue weighted by Gasteiger charge is 2.11. The molecular weight excluding hydrogens is 322 g/mol. The molecule has 0 aliphatic rings. The Labute approximate surface area is 143 Å². The summed E-state index contributed by atoms with van der Waals surface area (Å²) in [5.41, 5.74) is 4.01. The topological polar surface area (TPSA) is 64.0 Å². The summed E-state index contributed by atoms with van der Waals surface area (Å²) in [6.45, 7) is 6.23. The lowest BCUT2D eigenvalue weighted by Crippen LogP contribution is -2.33. The molecule has 124 valence electrons. The van der Waals surface area contributed by atoms with Crippen LogP contribution in [0.1, 0.15) is 47.5 Å². The van der Waals surface area contributed by atoms with E-state index in [2.05, 4.69) is 24.3 Å². The number of hydrogen-bond donors (Lipinski definition) is 1.